The molecule has 2 aromatic rings. The Kier molecular flexibility index (Phi) is 5.31. The summed E-state index contributed by atoms with van der Waals surface area (Å²) in [5.74, 6) is 0.942. The van der Waals surface area contributed by atoms with E-state index in [0.717, 1.165) is 5.82 Å². The molecular formula is C17H22FN3O. The molecule has 0 radical (unpaired) electrons. The molecule has 0 atom stereocenters. The molecule has 0 aliphatic rings. The Labute approximate surface area is 130 Å². The summed E-state index contributed by atoms with van der Waals surface area (Å²) >= 11 is 0. The van der Waals surface area contributed by atoms with Gasteiger partial charge in [-0.25, -0.2) is 9.37 Å². The SMILES string of the molecule is CC(C)CC(=O)N(C)Cc1nccn1Cc1ccccc1F. The molecule has 0 N–H and O–H groups in total. The molecule has 0 aliphatic carbocycles. The maximum absolute atomic E-state index is 13.7. The average molecular weight is 303 g/mol. The summed E-state index contributed by atoms with van der Waals surface area (Å²) in [5, 5.41) is 0. The maximum atomic E-state index is 13.7. The molecule has 0 saturated carbocycles. The molecule has 0 aliphatic heterocycles. The van der Waals surface area contributed by atoms with Crippen molar-refractivity contribution in [1.29, 1.82) is 0 Å². The lowest BCUT2D eigenvalue weighted by Gasteiger charge is -2.19. The molecule has 0 unspecified atom stereocenters. The van der Waals surface area contributed by atoms with Crippen LogP contribution in [0.3, 0.4) is 0 Å². The van der Waals surface area contributed by atoms with Crippen LogP contribution in [-0.2, 0) is 17.9 Å². The summed E-state index contributed by atoms with van der Waals surface area (Å²) in [6.45, 7) is 4.87. The van der Waals surface area contributed by atoms with E-state index >= 15 is 0 Å². The lowest BCUT2D eigenvalue weighted by atomic mass is 10.1. The molecule has 1 aromatic carbocycles. The van der Waals surface area contributed by atoms with E-state index in [2.05, 4.69) is 4.98 Å². The Morgan fingerprint density at radius 1 is 1.36 bits per heavy atom. The molecule has 5 heteroatoms. The first kappa shape index (κ1) is 16.2. The van der Waals surface area contributed by atoms with Gasteiger partial charge in [0.25, 0.3) is 0 Å². The molecule has 4 nitrogen and oxygen atoms in total. The van der Waals surface area contributed by atoms with Crippen LogP contribution in [0.1, 0.15) is 31.7 Å². The second-order valence-corrected chi connectivity index (χ2v) is 5.91. The zero-order valence-electron chi connectivity index (χ0n) is 13.3. The first-order valence-electron chi connectivity index (χ1n) is 7.44. The van der Waals surface area contributed by atoms with Crippen LogP contribution >= 0.6 is 0 Å². The lowest BCUT2D eigenvalue weighted by Crippen LogP contribution is -2.28. The van der Waals surface area contributed by atoms with Gasteiger partial charge >= 0.3 is 0 Å². The molecule has 0 bridgehead atoms. The van der Waals surface area contributed by atoms with Crippen LogP contribution < -0.4 is 0 Å². The summed E-state index contributed by atoms with van der Waals surface area (Å²) < 4.78 is 15.6. The van der Waals surface area contributed by atoms with Crippen LogP contribution in [0.25, 0.3) is 0 Å². The minimum Gasteiger partial charge on any atom is -0.338 e. The Morgan fingerprint density at radius 2 is 2.09 bits per heavy atom. The molecular weight excluding hydrogens is 281 g/mol. The van der Waals surface area contributed by atoms with Gasteiger partial charge in [-0.05, 0) is 12.0 Å². The third-order valence-corrected chi connectivity index (χ3v) is 3.49. The smallest absolute Gasteiger partial charge is 0.222 e. The van der Waals surface area contributed by atoms with E-state index in [1.165, 1.54) is 6.07 Å². The summed E-state index contributed by atoms with van der Waals surface area (Å²) in [6.07, 6.45) is 4.00. The van der Waals surface area contributed by atoms with Gasteiger partial charge in [0.15, 0.2) is 0 Å². The Morgan fingerprint density at radius 3 is 2.77 bits per heavy atom. The highest BCUT2D eigenvalue weighted by molar-refractivity contribution is 5.75. The number of rotatable bonds is 6. The molecule has 118 valence electrons. The Bertz CT molecular complexity index is 636. The van der Waals surface area contributed by atoms with E-state index in [4.69, 9.17) is 0 Å². The summed E-state index contributed by atoms with van der Waals surface area (Å²) in [7, 11) is 1.77. The van der Waals surface area contributed by atoms with Gasteiger partial charge in [0.2, 0.25) is 5.91 Å². The fraction of sp³-hybridized carbons (Fsp3) is 0.412. The number of hydrogen-bond acceptors (Lipinski definition) is 2. The second-order valence-electron chi connectivity index (χ2n) is 5.91. The number of amides is 1. The van der Waals surface area contributed by atoms with Gasteiger partial charge < -0.3 is 9.47 Å². The van der Waals surface area contributed by atoms with Crippen molar-refractivity contribution in [1.82, 2.24) is 14.5 Å². The van der Waals surface area contributed by atoms with Crippen molar-refractivity contribution in [2.24, 2.45) is 5.92 Å². The van der Waals surface area contributed by atoms with Crippen molar-refractivity contribution < 1.29 is 9.18 Å². The van der Waals surface area contributed by atoms with Crippen molar-refractivity contribution in [3.8, 4) is 0 Å². The first-order valence-corrected chi connectivity index (χ1v) is 7.44. The normalized spacial score (nSPS) is 11.0. The fourth-order valence-corrected chi connectivity index (χ4v) is 2.25. The number of halogens is 1. The van der Waals surface area contributed by atoms with Crippen LogP contribution in [0.2, 0.25) is 0 Å². The van der Waals surface area contributed by atoms with E-state index in [0.29, 0.717) is 31.0 Å². The maximum Gasteiger partial charge on any atom is 0.222 e. The first-order chi connectivity index (χ1) is 10.5. The predicted octanol–water partition coefficient (Wildman–Crippen LogP) is 3.08. The largest absolute Gasteiger partial charge is 0.338 e. The summed E-state index contributed by atoms with van der Waals surface area (Å²) in [6, 6.07) is 6.69. The summed E-state index contributed by atoms with van der Waals surface area (Å²) in [5.41, 5.74) is 0.609. The molecule has 0 saturated heterocycles. The molecule has 1 aromatic heterocycles. The predicted molar refractivity (Wildman–Crippen MR) is 83.7 cm³/mol. The molecule has 22 heavy (non-hydrogen) atoms. The highest BCUT2D eigenvalue weighted by atomic mass is 19.1. The molecule has 0 fully saturated rings. The van der Waals surface area contributed by atoms with E-state index in [1.807, 2.05) is 30.7 Å². The number of benzene rings is 1. The Balaban J connectivity index is 2.07. The van der Waals surface area contributed by atoms with E-state index < -0.39 is 0 Å². The van der Waals surface area contributed by atoms with E-state index in [-0.39, 0.29) is 11.7 Å². The van der Waals surface area contributed by atoms with Crippen molar-refractivity contribution in [3.05, 3.63) is 53.9 Å². The van der Waals surface area contributed by atoms with E-state index in [1.54, 1.807) is 30.3 Å². The number of imidazole rings is 1. The standard InChI is InChI=1S/C17H22FN3O/c1-13(2)10-17(22)20(3)12-16-19-8-9-21(16)11-14-6-4-5-7-15(14)18/h4-9,13H,10-12H2,1-3H3. The van der Waals surface area contributed by atoms with Gasteiger partial charge in [0.05, 0.1) is 13.1 Å². The number of nitrogens with zero attached hydrogens (tertiary/aromatic N) is 3. The fourth-order valence-electron chi connectivity index (χ4n) is 2.25. The highest BCUT2D eigenvalue weighted by Crippen LogP contribution is 2.12. The molecule has 0 spiro atoms. The van der Waals surface area contributed by atoms with Gasteiger partial charge in [0.1, 0.15) is 11.6 Å². The van der Waals surface area contributed by atoms with Crippen molar-refractivity contribution in [2.75, 3.05) is 7.05 Å². The molecule has 2 rings (SSSR count). The average Bonchev–Trinajstić information content (AvgIpc) is 2.88. The minimum atomic E-state index is -0.230. The van der Waals surface area contributed by atoms with Crippen LogP contribution in [0, 0.1) is 11.7 Å². The topological polar surface area (TPSA) is 38.1 Å². The zero-order valence-corrected chi connectivity index (χ0v) is 13.3. The van der Waals surface area contributed by atoms with Gasteiger partial charge in [-0.3, -0.25) is 4.79 Å². The minimum absolute atomic E-state index is 0.0930. The molecule has 1 heterocycles. The van der Waals surface area contributed by atoms with Gasteiger partial charge in [-0.1, -0.05) is 32.0 Å². The van der Waals surface area contributed by atoms with Gasteiger partial charge in [-0.15, -0.1) is 0 Å². The third-order valence-electron chi connectivity index (χ3n) is 3.49. The zero-order chi connectivity index (χ0) is 16.1. The quantitative estimate of drug-likeness (QED) is 0.822. The monoisotopic (exact) mass is 303 g/mol. The second kappa shape index (κ2) is 7.20. The van der Waals surface area contributed by atoms with Crippen molar-refractivity contribution in [3.63, 3.8) is 0 Å². The van der Waals surface area contributed by atoms with E-state index in [9.17, 15) is 9.18 Å². The van der Waals surface area contributed by atoms with Crippen LogP contribution in [-0.4, -0.2) is 27.4 Å². The Hall–Kier alpha value is -2.17. The number of carbonyl (C=O) groups is 1. The van der Waals surface area contributed by atoms with Crippen LogP contribution in [0.15, 0.2) is 36.7 Å². The number of aromatic nitrogens is 2. The van der Waals surface area contributed by atoms with Gasteiger partial charge in [-0.2, -0.15) is 0 Å². The lowest BCUT2D eigenvalue weighted by molar-refractivity contribution is -0.131. The number of carbonyl (C=O) groups excluding carboxylic acids is 1. The van der Waals surface area contributed by atoms with Crippen molar-refractivity contribution >= 4 is 5.91 Å². The van der Waals surface area contributed by atoms with Crippen LogP contribution in [0.4, 0.5) is 4.39 Å². The van der Waals surface area contributed by atoms with Crippen LogP contribution in [0.5, 0.6) is 0 Å². The van der Waals surface area contributed by atoms with Gasteiger partial charge in [0, 0.05) is 31.4 Å². The summed E-state index contributed by atoms with van der Waals surface area (Å²) in [4.78, 5) is 18.0. The van der Waals surface area contributed by atoms with Crippen molar-refractivity contribution in [2.45, 2.75) is 33.4 Å². The molecule has 1 amide bonds. The third kappa shape index (κ3) is 4.16. The highest BCUT2D eigenvalue weighted by Gasteiger charge is 2.14. The number of hydrogen-bond donors (Lipinski definition) is 0.